The normalized spacial score (nSPS) is 18.9. The molecule has 40 heteroatoms. The van der Waals surface area contributed by atoms with E-state index in [-0.39, 0.29) is 87.6 Å². The first-order valence-corrected chi connectivity index (χ1v) is 53.9. The number of nitrogens with one attached hydrogen (secondary N) is 4. The van der Waals surface area contributed by atoms with Gasteiger partial charge in [-0.1, -0.05) is 67.5 Å². The molecule has 772 valence electrons. The Balaban J connectivity index is 0.000000162. The van der Waals surface area contributed by atoms with Gasteiger partial charge in [0.15, 0.2) is 10.1 Å². The van der Waals surface area contributed by atoms with Gasteiger partial charge in [-0.25, -0.2) is 80.0 Å². The highest BCUT2D eigenvalue weighted by atomic mass is 32.2. The third kappa shape index (κ3) is 26.0. The largest absolute Gasteiger partial charge is 0.508 e. The van der Waals surface area contributed by atoms with Crippen LogP contribution in [-0.2, 0) is 40.1 Å². The van der Waals surface area contributed by atoms with Gasteiger partial charge in [-0.15, -0.1) is 0 Å². The molecule has 3 aromatic carbocycles. The average molecular weight is 2060 g/mol. The summed E-state index contributed by atoms with van der Waals surface area (Å²) in [6, 6.07) is 43.5. The number of halogens is 1. The van der Waals surface area contributed by atoms with Gasteiger partial charge < -0.3 is 55.3 Å². The summed E-state index contributed by atoms with van der Waals surface area (Å²) >= 11 is 0. The Bertz CT molecular complexity index is 7160. The molecule has 0 bridgehead atoms. The van der Waals surface area contributed by atoms with Gasteiger partial charge >= 0.3 is 0 Å². The minimum Gasteiger partial charge on any atom is -0.508 e. The Labute approximate surface area is 849 Å². The van der Waals surface area contributed by atoms with E-state index in [2.05, 4.69) is 146 Å². The molecule has 5 aliphatic heterocycles. The quantitative estimate of drug-likeness (QED) is 0.0279. The average Bonchev–Trinajstić information content (AvgIpc) is 1.61. The second kappa shape index (κ2) is 43.7. The number of phenolic OH excluding ortho intramolecular Hbond substituents is 1. The number of aromatic hydroxyl groups is 1. The number of aryl methyl sites for hydroxylation is 2. The number of aromatic nitrogens is 8. The first-order chi connectivity index (χ1) is 68.0. The number of sulfonamides is 4. The molecule has 0 spiro atoms. The molecule has 16 rings (SSSR count). The Morgan fingerprint density at radius 3 is 1.34 bits per heavy atom. The van der Waals surface area contributed by atoms with Gasteiger partial charge in [0.2, 0.25) is 5.88 Å². The zero-order valence-corrected chi connectivity index (χ0v) is 88.7. The second-order valence-corrected chi connectivity index (χ2v) is 47.9. The van der Waals surface area contributed by atoms with Crippen molar-refractivity contribution in [1.29, 1.82) is 0 Å². The van der Waals surface area contributed by atoms with Gasteiger partial charge in [-0.3, -0.25) is 19.2 Å². The Morgan fingerprint density at radius 1 is 0.448 bits per heavy atom. The highest BCUT2D eigenvalue weighted by Gasteiger charge is 2.45. The standard InChI is InChI=1S/C29H34FN3O5S.C26H31N5O4S.C25H30N6O4S.C25H35N5O3S/c1-18(2)17-38-23-13-20(12-21(30)14-23)26-11-10-25(27(31-26)33-16-19(3)15-29(33,4)5)28(35)32-39(36,37)24-8-6-22(34)7-9-24;1-16-14-26(3,4)31(15-16)24-19(25(32)30-36(33,34)22-7-6-12-28-23(22)27)9-10-20(29-24)18-8-11-21(35-5)17(2)13-18;1-15-13-25(3,4)31(14-15)23-18(24(32)30-36(33,34)22-8-6-7-20(26)29-22)9-10-19(28-23)17-11-16(2)27-21(12-17)35-5;1-17-12-18(2)15-29(14-17)21-9-6-10-22(27-21)34(32,33)28-24(31)20-8-7-11-26-23(20)30-16-19(3)13-25(30,4)5/h6-14,18-19,34H,15-17H2,1-5H3,(H,32,35);6-13,16H,14-15H2,1-5H3,(H2,27,28)(H,30,32);6-12,15H,13-14H2,1-5H3,(H2,26,29)(H,30,32);6-11,17-19H,12-16H2,1-5H3,(H,28,31)/t19-;16-;15-;/m000./s1. The SMILES string of the molecule is CC(C)COc1cc(F)cc(-c2ccc(C(=O)NS(=O)(=O)c3ccc(O)cc3)c(N3C[C@@H](C)CC3(C)C)n2)c1.CC1CC(C)CN(c2cccc(S(=O)(=O)NC(=O)c3cccnc3N3CC(C)CC3(C)C)n2)C1.COc1cc(-c2ccc(C(=O)NS(=O)(=O)c3cccc(N)n3)c(N3C[C@@H](C)CC3(C)C)n2)cc(C)n1.COc1ccc(-c2ccc(C(=O)NS(=O)(=O)c3cccnc3N)c(N3C[C@@H](C)CC3(C)C)n2)cc1C. The van der Waals surface area contributed by atoms with E-state index >= 15 is 0 Å². The lowest BCUT2D eigenvalue weighted by Crippen LogP contribution is -2.41. The van der Waals surface area contributed by atoms with E-state index in [1.807, 2.05) is 76.8 Å². The van der Waals surface area contributed by atoms with E-state index in [9.17, 15) is 62.3 Å². The van der Waals surface area contributed by atoms with Crippen molar-refractivity contribution < 1.29 is 76.6 Å². The molecule has 8 aromatic heterocycles. The zero-order valence-electron chi connectivity index (χ0n) is 85.4. The highest BCUT2D eigenvalue weighted by Crippen LogP contribution is 2.45. The fourth-order valence-electron chi connectivity index (χ4n) is 19.9. The van der Waals surface area contributed by atoms with Crippen molar-refractivity contribution in [2.45, 2.75) is 199 Å². The van der Waals surface area contributed by atoms with Gasteiger partial charge in [0.1, 0.15) is 68.7 Å². The lowest BCUT2D eigenvalue weighted by atomic mass is 9.92. The molecule has 35 nitrogen and oxygen atoms in total. The number of hydrogen-bond donors (Lipinski definition) is 7. The van der Waals surface area contributed by atoms with Crippen molar-refractivity contribution in [2.24, 2.45) is 41.4 Å². The molecule has 5 aliphatic rings. The van der Waals surface area contributed by atoms with Crippen LogP contribution in [0.5, 0.6) is 23.1 Å². The third-order valence-corrected chi connectivity index (χ3v) is 31.1. The summed E-state index contributed by atoms with van der Waals surface area (Å²) in [7, 11) is -13.7. The van der Waals surface area contributed by atoms with E-state index in [1.165, 1.54) is 85.1 Å². The molecular formula is C105H130FN19O16S4. The van der Waals surface area contributed by atoms with Crippen LogP contribution < -0.4 is 69.1 Å². The molecule has 11 aromatic rings. The van der Waals surface area contributed by atoms with Crippen LogP contribution in [0.1, 0.15) is 196 Å². The topological polar surface area (TPSA) is 472 Å². The van der Waals surface area contributed by atoms with Crippen molar-refractivity contribution in [3.8, 4) is 56.9 Å². The van der Waals surface area contributed by atoms with Crippen LogP contribution in [0.15, 0.2) is 202 Å². The fraction of sp³-hybridized carbons (Fsp3) is 0.410. The summed E-state index contributed by atoms with van der Waals surface area (Å²) in [5, 5.41) is 8.99. The Morgan fingerprint density at radius 2 is 0.890 bits per heavy atom. The number of ether oxygens (including phenoxy) is 3. The minimum absolute atomic E-state index is 0.0351. The van der Waals surface area contributed by atoms with Gasteiger partial charge in [-0.05, 0) is 294 Å². The number of anilines is 7. The molecule has 13 heterocycles. The minimum atomic E-state index is -4.25. The fourth-order valence-corrected chi connectivity index (χ4v) is 23.8. The highest BCUT2D eigenvalue weighted by molar-refractivity contribution is 7.91. The van der Waals surface area contributed by atoms with Crippen molar-refractivity contribution in [3.05, 3.63) is 222 Å². The summed E-state index contributed by atoms with van der Waals surface area (Å²) in [6.45, 7) is 42.2. The lowest BCUT2D eigenvalue weighted by Gasteiger charge is -2.35. The smallest absolute Gasteiger partial charge is 0.281 e. The zero-order chi connectivity index (χ0) is 106. The van der Waals surface area contributed by atoms with Crippen molar-refractivity contribution >= 4 is 104 Å². The number of phenols is 1. The van der Waals surface area contributed by atoms with Crippen LogP contribution in [0.3, 0.4) is 0 Å². The summed E-state index contributed by atoms with van der Waals surface area (Å²) in [4.78, 5) is 98.6. The monoisotopic (exact) mass is 2060 g/mol. The summed E-state index contributed by atoms with van der Waals surface area (Å²) in [5.74, 6) is 2.79. The maximum atomic E-state index is 14.5. The molecule has 145 heavy (non-hydrogen) atoms. The number of benzene rings is 3. The van der Waals surface area contributed by atoms with Crippen LogP contribution >= 0.6 is 0 Å². The molecule has 5 saturated heterocycles. The number of nitrogens with zero attached hydrogens (tertiary/aromatic N) is 13. The third-order valence-electron chi connectivity index (χ3n) is 25.9. The Kier molecular flexibility index (Phi) is 32.7. The number of nitrogens with two attached hydrogens (primary N) is 2. The molecule has 6 atom stereocenters. The van der Waals surface area contributed by atoms with E-state index in [0.29, 0.717) is 125 Å². The number of amides is 4. The lowest BCUT2D eigenvalue weighted by molar-refractivity contribution is 0.0972. The maximum absolute atomic E-state index is 14.5. The Hall–Kier alpha value is -13.7. The van der Waals surface area contributed by atoms with Gasteiger partial charge in [0.05, 0.1) is 65.1 Å². The summed E-state index contributed by atoms with van der Waals surface area (Å²) in [6.07, 6.45) is 7.77. The molecule has 0 radical (unpaired) electrons. The molecule has 4 amide bonds. The van der Waals surface area contributed by atoms with E-state index in [1.54, 1.807) is 81.1 Å². The predicted octanol–water partition coefficient (Wildman–Crippen LogP) is 16.0. The number of hydrogen-bond acceptors (Lipinski definition) is 31. The summed E-state index contributed by atoms with van der Waals surface area (Å²) in [5.41, 5.74) is 16.4. The van der Waals surface area contributed by atoms with Gasteiger partial charge in [-0.2, -0.15) is 16.8 Å². The molecular weight excluding hydrogens is 1930 g/mol. The van der Waals surface area contributed by atoms with Gasteiger partial charge in [0, 0.05) is 108 Å². The number of rotatable bonds is 25. The van der Waals surface area contributed by atoms with Crippen LogP contribution in [0.2, 0.25) is 0 Å². The predicted molar refractivity (Wildman–Crippen MR) is 558 cm³/mol. The van der Waals surface area contributed by atoms with E-state index < -0.39 is 69.5 Å². The molecule has 0 saturated carbocycles. The molecule has 9 N–H and O–H groups in total. The van der Waals surface area contributed by atoms with Gasteiger partial charge in [0.25, 0.3) is 63.7 Å². The number of pyridine rings is 8. The molecule has 3 unspecified atom stereocenters. The van der Waals surface area contributed by atoms with Crippen molar-refractivity contribution in [2.75, 3.05) is 96.1 Å². The second-order valence-electron chi connectivity index (χ2n) is 41.3. The van der Waals surface area contributed by atoms with Crippen LogP contribution in [-0.4, -0.2) is 185 Å². The summed E-state index contributed by atoms with van der Waals surface area (Å²) < 4.78 is 143. The number of carbonyl (C=O) groups excluding carboxylic acids is 4. The van der Waals surface area contributed by atoms with Crippen LogP contribution in [0.25, 0.3) is 33.8 Å². The maximum Gasteiger partial charge on any atom is 0.281 e. The first-order valence-electron chi connectivity index (χ1n) is 48.0. The number of nitrogen functional groups attached to an aromatic ring is 2. The molecule has 5 fully saturated rings. The van der Waals surface area contributed by atoms with E-state index in [4.69, 9.17) is 40.6 Å². The van der Waals surface area contributed by atoms with Crippen molar-refractivity contribution in [3.63, 3.8) is 0 Å². The van der Waals surface area contributed by atoms with Crippen LogP contribution in [0.4, 0.5) is 45.1 Å². The van der Waals surface area contributed by atoms with Crippen LogP contribution in [0, 0.1) is 61.1 Å². The number of piperidine rings is 1. The van der Waals surface area contributed by atoms with Crippen molar-refractivity contribution in [1.82, 2.24) is 58.8 Å². The molecule has 0 aliphatic carbocycles. The first kappa shape index (κ1) is 109. The van der Waals surface area contributed by atoms with E-state index in [0.717, 1.165) is 79.9 Å². The number of methoxy groups -OCH3 is 2. The number of carbonyl (C=O) groups is 4.